The van der Waals surface area contributed by atoms with Crippen LogP contribution >= 0.6 is 11.6 Å². The number of pyridine rings is 2. The molecule has 1 saturated carbocycles. The molecule has 1 aliphatic carbocycles. The molecule has 0 amide bonds. The summed E-state index contributed by atoms with van der Waals surface area (Å²) in [7, 11) is 0. The Morgan fingerprint density at radius 1 is 1.00 bits per heavy atom. The van der Waals surface area contributed by atoms with E-state index in [1.54, 1.807) is 0 Å². The summed E-state index contributed by atoms with van der Waals surface area (Å²) in [6.07, 6.45) is 10.3. The molecule has 1 fully saturated rings. The number of nitrogens with two attached hydrogens (primary N) is 1. The fraction of sp³-hybridized carbons (Fsp3) is 0.391. The van der Waals surface area contributed by atoms with Gasteiger partial charge in [-0.2, -0.15) is 0 Å². The maximum atomic E-state index is 6.19. The van der Waals surface area contributed by atoms with E-state index in [2.05, 4.69) is 39.1 Å². The average Bonchev–Trinajstić information content (AvgIpc) is 2.72. The van der Waals surface area contributed by atoms with Gasteiger partial charge < -0.3 is 10.6 Å². The molecule has 2 aromatic heterocycles. The highest BCUT2D eigenvalue weighted by atomic mass is 35.5. The van der Waals surface area contributed by atoms with Gasteiger partial charge in [-0.25, -0.2) is 0 Å². The third-order valence-electron chi connectivity index (χ3n) is 5.73. The first kappa shape index (κ1) is 19.2. The van der Waals surface area contributed by atoms with Crippen molar-refractivity contribution in [1.82, 2.24) is 9.97 Å². The monoisotopic (exact) mass is 394 g/mol. The van der Waals surface area contributed by atoms with Crippen molar-refractivity contribution < 1.29 is 0 Å². The van der Waals surface area contributed by atoms with Crippen LogP contribution in [0.5, 0.6) is 0 Å². The molecular formula is C23H27ClN4. The molecule has 4 rings (SSSR count). The quantitative estimate of drug-likeness (QED) is 0.639. The van der Waals surface area contributed by atoms with Gasteiger partial charge in [-0.1, -0.05) is 17.7 Å². The normalized spacial score (nSPS) is 19.6. The summed E-state index contributed by atoms with van der Waals surface area (Å²) in [5, 5.41) is 1.89. The number of aromatic nitrogens is 2. The average molecular weight is 395 g/mol. The van der Waals surface area contributed by atoms with Gasteiger partial charge >= 0.3 is 0 Å². The molecule has 0 radical (unpaired) electrons. The van der Waals surface area contributed by atoms with Crippen LogP contribution in [0.4, 0.5) is 5.69 Å². The lowest BCUT2D eigenvalue weighted by atomic mass is 9.90. The number of hydrogen-bond donors (Lipinski definition) is 1. The fourth-order valence-corrected chi connectivity index (χ4v) is 4.41. The van der Waals surface area contributed by atoms with Gasteiger partial charge in [0.15, 0.2) is 0 Å². The van der Waals surface area contributed by atoms with E-state index in [-0.39, 0.29) is 0 Å². The van der Waals surface area contributed by atoms with Gasteiger partial charge in [0.2, 0.25) is 0 Å². The van der Waals surface area contributed by atoms with Gasteiger partial charge in [-0.15, -0.1) is 0 Å². The van der Waals surface area contributed by atoms with Crippen molar-refractivity contribution in [2.75, 3.05) is 11.4 Å². The number of benzene rings is 1. The van der Waals surface area contributed by atoms with Crippen LogP contribution in [0.1, 0.15) is 37.8 Å². The summed E-state index contributed by atoms with van der Waals surface area (Å²) >= 11 is 6.19. The van der Waals surface area contributed by atoms with Gasteiger partial charge in [-0.05, 0) is 74.9 Å². The molecule has 146 valence electrons. The summed E-state index contributed by atoms with van der Waals surface area (Å²) in [6, 6.07) is 15.1. The Bertz CT molecular complexity index is 907. The minimum Gasteiger partial charge on any atom is -0.368 e. The molecule has 0 atom stereocenters. The number of hydrogen-bond acceptors (Lipinski definition) is 4. The molecule has 2 heterocycles. The van der Waals surface area contributed by atoms with E-state index in [4.69, 9.17) is 17.3 Å². The maximum Gasteiger partial charge on any atom is 0.0737 e. The van der Waals surface area contributed by atoms with Crippen LogP contribution in [0.15, 0.2) is 54.9 Å². The molecule has 2 N–H and O–H groups in total. The van der Waals surface area contributed by atoms with Crippen LogP contribution in [-0.2, 0) is 6.42 Å². The zero-order valence-electron chi connectivity index (χ0n) is 16.1. The van der Waals surface area contributed by atoms with Gasteiger partial charge in [-0.3, -0.25) is 9.97 Å². The van der Waals surface area contributed by atoms with Gasteiger partial charge in [0.05, 0.1) is 5.52 Å². The van der Waals surface area contributed by atoms with Crippen molar-refractivity contribution in [3.63, 3.8) is 0 Å². The summed E-state index contributed by atoms with van der Waals surface area (Å²) < 4.78 is 0. The fourth-order valence-electron chi connectivity index (χ4n) is 4.25. The predicted molar refractivity (Wildman–Crippen MR) is 117 cm³/mol. The van der Waals surface area contributed by atoms with E-state index in [0.29, 0.717) is 12.1 Å². The Morgan fingerprint density at radius 3 is 2.64 bits per heavy atom. The third-order valence-corrected chi connectivity index (χ3v) is 5.97. The molecule has 0 bridgehead atoms. The third kappa shape index (κ3) is 4.45. The maximum absolute atomic E-state index is 6.19. The van der Waals surface area contributed by atoms with Crippen molar-refractivity contribution in [2.45, 2.75) is 50.6 Å². The second-order valence-corrected chi connectivity index (χ2v) is 8.11. The Labute approximate surface area is 171 Å². The zero-order chi connectivity index (χ0) is 19.3. The lowest BCUT2D eigenvalue weighted by Gasteiger charge is -2.38. The highest BCUT2D eigenvalue weighted by molar-refractivity contribution is 6.31. The second kappa shape index (κ2) is 8.89. The van der Waals surface area contributed by atoms with Crippen molar-refractivity contribution in [1.29, 1.82) is 0 Å². The van der Waals surface area contributed by atoms with E-state index in [1.807, 2.05) is 30.6 Å². The number of nitrogens with zero attached hydrogens (tertiary/aromatic N) is 3. The number of rotatable bonds is 6. The van der Waals surface area contributed by atoms with Crippen molar-refractivity contribution in [3.05, 3.63) is 65.6 Å². The molecular weight excluding hydrogens is 368 g/mol. The number of anilines is 1. The van der Waals surface area contributed by atoms with Crippen LogP contribution in [0.3, 0.4) is 0 Å². The SMILES string of the molecule is NC1CCC(N(CCCc2ccccn2)c2ccnc3cc(Cl)ccc23)CC1. The summed E-state index contributed by atoms with van der Waals surface area (Å²) in [5.74, 6) is 0. The lowest BCUT2D eigenvalue weighted by molar-refractivity contribution is 0.374. The highest BCUT2D eigenvalue weighted by Gasteiger charge is 2.25. The second-order valence-electron chi connectivity index (χ2n) is 7.68. The minimum absolute atomic E-state index is 0.347. The van der Waals surface area contributed by atoms with Gasteiger partial charge in [0.1, 0.15) is 0 Å². The molecule has 4 nitrogen and oxygen atoms in total. The Balaban J connectivity index is 1.59. The number of halogens is 1. The summed E-state index contributed by atoms with van der Waals surface area (Å²) in [5.41, 5.74) is 9.52. The smallest absolute Gasteiger partial charge is 0.0737 e. The van der Waals surface area contributed by atoms with Crippen molar-refractivity contribution >= 4 is 28.2 Å². The van der Waals surface area contributed by atoms with Gasteiger partial charge in [0, 0.05) is 52.8 Å². The number of fused-ring (bicyclic) bond motifs is 1. The van der Waals surface area contributed by atoms with Crippen molar-refractivity contribution in [3.8, 4) is 0 Å². The Hall–Kier alpha value is -2.17. The first-order valence-electron chi connectivity index (χ1n) is 10.2. The van der Waals surface area contributed by atoms with E-state index >= 15 is 0 Å². The first-order valence-corrected chi connectivity index (χ1v) is 10.5. The van der Waals surface area contributed by atoms with Gasteiger partial charge in [0.25, 0.3) is 0 Å². The Kier molecular flexibility index (Phi) is 6.08. The molecule has 0 unspecified atom stereocenters. The summed E-state index contributed by atoms with van der Waals surface area (Å²) in [4.78, 5) is 11.6. The predicted octanol–water partition coefficient (Wildman–Crippen LogP) is 4.99. The molecule has 0 saturated heterocycles. The topological polar surface area (TPSA) is 55.0 Å². The molecule has 0 spiro atoms. The van der Waals surface area contributed by atoms with Crippen molar-refractivity contribution in [2.24, 2.45) is 5.73 Å². The largest absolute Gasteiger partial charge is 0.368 e. The lowest BCUT2D eigenvalue weighted by Crippen LogP contribution is -2.41. The molecule has 3 aromatic rings. The van der Waals surface area contributed by atoms with Crippen LogP contribution in [-0.4, -0.2) is 28.6 Å². The van der Waals surface area contributed by atoms with Crippen LogP contribution in [0.25, 0.3) is 10.9 Å². The Morgan fingerprint density at radius 2 is 1.86 bits per heavy atom. The minimum atomic E-state index is 0.347. The van der Waals surface area contributed by atoms with Crippen LogP contribution in [0.2, 0.25) is 5.02 Å². The molecule has 1 aliphatic rings. The van der Waals surface area contributed by atoms with Crippen LogP contribution < -0.4 is 10.6 Å². The van der Waals surface area contributed by atoms with Crippen LogP contribution in [0, 0.1) is 0 Å². The molecule has 5 heteroatoms. The highest BCUT2D eigenvalue weighted by Crippen LogP contribution is 2.33. The molecule has 28 heavy (non-hydrogen) atoms. The molecule has 0 aliphatic heterocycles. The van der Waals surface area contributed by atoms with E-state index in [0.717, 1.165) is 61.3 Å². The zero-order valence-corrected chi connectivity index (χ0v) is 16.9. The van der Waals surface area contributed by atoms with E-state index in [1.165, 1.54) is 11.1 Å². The molecule has 1 aromatic carbocycles. The first-order chi connectivity index (χ1) is 13.7. The van der Waals surface area contributed by atoms with E-state index < -0.39 is 0 Å². The standard InChI is InChI=1S/C23H27ClN4/c24-17-6-11-21-22(16-17)27-14-12-23(21)28(20-9-7-18(25)8-10-20)15-3-5-19-4-1-2-13-26-19/h1-2,4,6,11-14,16,18,20H,3,5,7-10,15,25H2. The number of aryl methyl sites for hydroxylation is 1. The summed E-state index contributed by atoms with van der Waals surface area (Å²) in [6.45, 7) is 0.998. The van der Waals surface area contributed by atoms with E-state index in [9.17, 15) is 0 Å².